The quantitative estimate of drug-likeness (QED) is 0.296. The summed E-state index contributed by atoms with van der Waals surface area (Å²) < 4.78 is 34.1. The third-order valence-corrected chi connectivity index (χ3v) is 0. The van der Waals surface area contributed by atoms with Crippen molar-refractivity contribution in [2.75, 3.05) is 6.61 Å². The van der Waals surface area contributed by atoms with Crippen LogP contribution in [-0.4, -0.2) is 29.2 Å². The van der Waals surface area contributed by atoms with E-state index in [-0.39, 0.29) is 23.1 Å². The van der Waals surface area contributed by atoms with E-state index in [1.54, 1.807) is 6.92 Å². The van der Waals surface area contributed by atoms with E-state index in [1.807, 2.05) is 0 Å². The van der Waals surface area contributed by atoms with E-state index in [0.717, 1.165) is 0 Å². The summed E-state index contributed by atoms with van der Waals surface area (Å²) in [6.45, 7) is 1.93. The molecular weight excluding hydrogens is 195 g/mol. The fourth-order valence-electron chi connectivity index (χ4n) is 0. The third kappa shape index (κ3) is 3180. The minimum atomic E-state index is -5.17. The maximum atomic E-state index is 8.52. The van der Waals surface area contributed by atoms with Gasteiger partial charge in [-0.05, 0) is 6.92 Å². The van der Waals surface area contributed by atoms with E-state index in [9.17, 15) is 0 Å². The zero-order valence-corrected chi connectivity index (χ0v) is 6.32. The van der Waals surface area contributed by atoms with Crippen molar-refractivity contribution in [3.8, 4) is 0 Å². The average molecular weight is 201 g/mol. The van der Waals surface area contributed by atoms with Crippen molar-refractivity contribution in [1.29, 1.82) is 0 Å². The Morgan fingerprint density at radius 3 is 1.44 bits per heavy atom. The van der Waals surface area contributed by atoms with Crippen molar-refractivity contribution in [3.05, 3.63) is 0 Å². The van der Waals surface area contributed by atoms with Crippen LogP contribution in [0.2, 0.25) is 0 Å². The molecule has 0 unspecified atom stereocenters. The molecule has 0 heterocycles. The molecule has 0 atom stereocenters. The van der Waals surface area contributed by atoms with Gasteiger partial charge >= 0.3 is 16.5 Å². The third-order valence-electron chi connectivity index (χ3n) is 0. The van der Waals surface area contributed by atoms with Crippen LogP contribution in [0, 0.1) is 0 Å². The second-order valence-electron chi connectivity index (χ2n) is 0.724. The molecule has 0 aromatic heterocycles. The first-order valence-electron chi connectivity index (χ1n) is 1.69. The van der Waals surface area contributed by atoms with Gasteiger partial charge in [-0.15, -0.1) is 0 Å². The van der Waals surface area contributed by atoms with E-state index < -0.39 is 10.4 Å². The van der Waals surface area contributed by atoms with Gasteiger partial charge in [-0.3, -0.25) is 8.42 Å². The normalized spacial score (nSPS) is 8.44. The first kappa shape index (κ1) is 16.2. The smallest absolute Gasteiger partial charge is 0.759 e. The molecule has 0 saturated carbocycles. The molecule has 0 aromatic carbocycles. The van der Waals surface area contributed by atoms with E-state index in [2.05, 4.69) is 0 Å². The largest absolute Gasteiger partial charge is 2.00 e. The first-order valence-corrected chi connectivity index (χ1v) is 3.02. The first-order chi connectivity index (χ1) is 3.41. The Balaban J connectivity index is -0.0000000800. The molecule has 0 aromatic rings. The molecule has 5 nitrogen and oxygen atoms in total. The van der Waals surface area contributed by atoms with Gasteiger partial charge < -0.3 is 14.2 Å². The zero-order chi connectivity index (χ0) is 7.21. The fourth-order valence-corrected chi connectivity index (χ4v) is 0. The van der Waals surface area contributed by atoms with Crippen LogP contribution < -0.4 is 0 Å². The van der Waals surface area contributed by atoms with Gasteiger partial charge in [-0.25, -0.2) is 0 Å². The SMILES string of the molecule is CCO.O=S(=O)([O-])[O-].[Ni+2]. The number of rotatable bonds is 0. The summed E-state index contributed by atoms with van der Waals surface area (Å²) in [6.07, 6.45) is 0. The molecule has 60 valence electrons. The van der Waals surface area contributed by atoms with Crippen LogP contribution >= 0.6 is 0 Å². The van der Waals surface area contributed by atoms with Gasteiger partial charge in [-0.2, -0.15) is 0 Å². The van der Waals surface area contributed by atoms with E-state index >= 15 is 0 Å². The Hall–Kier alpha value is 0.324. The van der Waals surface area contributed by atoms with Crippen molar-refractivity contribution in [3.63, 3.8) is 0 Å². The predicted molar refractivity (Wildman–Crippen MR) is 23.2 cm³/mol. The summed E-state index contributed by atoms with van der Waals surface area (Å²) in [5.74, 6) is 0. The van der Waals surface area contributed by atoms with Gasteiger partial charge in [0.1, 0.15) is 0 Å². The minimum absolute atomic E-state index is 0. The van der Waals surface area contributed by atoms with Crippen molar-refractivity contribution in [1.82, 2.24) is 0 Å². The molecule has 0 aliphatic heterocycles. The Labute approximate surface area is 63.6 Å². The monoisotopic (exact) mass is 200 g/mol. The topological polar surface area (TPSA) is 100 Å². The summed E-state index contributed by atoms with van der Waals surface area (Å²) in [4.78, 5) is 0. The van der Waals surface area contributed by atoms with Crippen molar-refractivity contribution >= 4 is 10.4 Å². The van der Waals surface area contributed by atoms with Crippen LogP contribution in [0.4, 0.5) is 0 Å². The molecule has 0 saturated heterocycles. The summed E-state index contributed by atoms with van der Waals surface area (Å²) >= 11 is 0. The molecule has 9 heavy (non-hydrogen) atoms. The average Bonchev–Trinajstić information content (AvgIpc) is 1.27. The molecular formula is C2H6NiO5S. The van der Waals surface area contributed by atoms with Crippen LogP contribution in [-0.2, 0) is 26.9 Å². The Morgan fingerprint density at radius 1 is 1.44 bits per heavy atom. The molecule has 0 spiro atoms. The number of hydrogen-bond acceptors (Lipinski definition) is 5. The number of aliphatic hydroxyl groups excluding tert-OH is 1. The minimum Gasteiger partial charge on any atom is -0.759 e. The predicted octanol–water partition coefficient (Wildman–Crippen LogP) is -1.34. The summed E-state index contributed by atoms with van der Waals surface area (Å²) in [7, 11) is -5.17. The van der Waals surface area contributed by atoms with Gasteiger partial charge in [0, 0.05) is 17.0 Å². The zero-order valence-electron chi connectivity index (χ0n) is 4.51. The van der Waals surface area contributed by atoms with Crippen LogP contribution in [0.5, 0.6) is 0 Å². The molecule has 0 aliphatic rings. The number of hydrogen-bond donors (Lipinski definition) is 1. The summed E-state index contributed by atoms with van der Waals surface area (Å²) in [5.41, 5.74) is 0. The van der Waals surface area contributed by atoms with Crippen LogP contribution in [0.3, 0.4) is 0 Å². The Bertz CT molecular complexity index is 109. The molecule has 0 rings (SSSR count). The second-order valence-corrected chi connectivity index (χ2v) is 1.54. The standard InChI is InChI=1S/C2H6O.Ni.H2O4S/c1-2-3;;1-5(2,3)4/h3H,2H2,1H3;;(H2,1,2,3,4)/q;+2;/p-2. The molecule has 0 amide bonds. The molecule has 0 bridgehead atoms. The molecule has 1 N–H and O–H groups in total. The molecule has 0 fully saturated rings. The van der Waals surface area contributed by atoms with E-state index in [1.165, 1.54) is 0 Å². The van der Waals surface area contributed by atoms with Gasteiger partial charge in [-0.1, -0.05) is 0 Å². The fraction of sp³-hybridized carbons (Fsp3) is 1.00. The van der Waals surface area contributed by atoms with Gasteiger partial charge in [0.05, 0.1) is 0 Å². The Morgan fingerprint density at radius 2 is 1.44 bits per heavy atom. The van der Waals surface area contributed by atoms with Crippen molar-refractivity contribution < 1.29 is 39.1 Å². The van der Waals surface area contributed by atoms with Gasteiger partial charge in [0.2, 0.25) is 0 Å². The molecule has 0 aliphatic carbocycles. The van der Waals surface area contributed by atoms with Crippen LogP contribution in [0.25, 0.3) is 0 Å². The maximum absolute atomic E-state index is 8.52. The maximum Gasteiger partial charge on any atom is 2.00 e. The van der Waals surface area contributed by atoms with Crippen molar-refractivity contribution in [2.45, 2.75) is 6.92 Å². The Kier molecular flexibility index (Phi) is 14.9. The molecule has 0 radical (unpaired) electrons. The van der Waals surface area contributed by atoms with Crippen LogP contribution in [0.1, 0.15) is 6.92 Å². The van der Waals surface area contributed by atoms with E-state index in [0.29, 0.717) is 0 Å². The summed E-state index contributed by atoms with van der Waals surface area (Å²) in [5, 5.41) is 7.57. The van der Waals surface area contributed by atoms with Gasteiger partial charge in [0.15, 0.2) is 0 Å². The second kappa shape index (κ2) is 8.32. The molecule has 7 heteroatoms. The number of aliphatic hydroxyl groups is 1. The van der Waals surface area contributed by atoms with Gasteiger partial charge in [0.25, 0.3) is 0 Å². The van der Waals surface area contributed by atoms with Crippen LogP contribution in [0.15, 0.2) is 0 Å². The van der Waals surface area contributed by atoms with Crippen molar-refractivity contribution in [2.24, 2.45) is 0 Å². The summed E-state index contributed by atoms with van der Waals surface area (Å²) in [6, 6.07) is 0. The van der Waals surface area contributed by atoms with E-state index in [4.69, 9.17) is 22.6 Å².